The van der Waals surface area contributed by atoms with E-state index in [4.69, 9.17) is 0 Å². The molecule has 0 saturated heterocycles. The van der Waals surface area contributed by atoms with Gasteiger partial charge in [0, 0.05) is 38.1 Å². The average molecular weight is 257 g/mol. The first kappa shape index (κ1) is 13.1. The molecule has 0 bridgehead atoms. The first-order valence-electron chi connectivity index (χ1n) is 6.29. The van der Waals surface area contributed by atoms with Gasteiger partial charge >= 0.3 is 0 Å². The van der Waals surface area contributed by atoms with Crippen LogP contribution in [0.25, 0.3) is 0 Å². The largest absolute Gasteiger partial charge is 0.378 e. The number of benzene rings is 1. The molecule has 1 aromatic heterocycles. The van der Waals surface area contributed by atoms with Crippen molar-refractivity contribution in [2.45, 2.75) is 6.92 Å². The van der Waals surface area contributed by atoms with Crippen LogP contribution in [0.3, 0.4) is 0 Å². The van der Waals surface area contributed by atoms with Gasteiger partial charge in [0.25, 0.3) is 0 Å². The smallest absolute Gasteiger partial charge is 0.135 e. The van der Waals surface area contributed by atoms with E-state index in [1.54, 1.807) is 6.33 Å². The van der Waals surface area contributed by atoms with E-state index in [-0.39, 0.29) is 0 Å². The zero-order valence-corrected chi connectivity index (χ0v) is 11.5. The standard InChI is InChI=1S/C14H19N5/c1-4-15-13-9-14(17-10-16-13)18-11-6-5-7-12(8-11)19(2)3/h5-10H,4H2,1-3H3,(H2,15,16,17,18). The third-order valence-electron chi connectivity index (χ3n) is 2.66. The highest BCUT2D eigenvalue weighted by atomic mass is 15.1. The minimum Gasteiger partial charge on any atom is -0.378 e. The number of aromatic nitrogens is 2. The lowest BCUT2D eigenvalue weighted by molar-refractivity contribution is 1.11. The van der Waals surface area contributed by atoms with E-state index in [9.17, 15) is 0 Å². The Hall–Kier alpha value is -2.30. The van der Waals surface area contributed by atoms with Gasteiger partial charge in [-0.25, -0.2) is 9.97 Å². The molecular weight excluding hydrogens is 238 g/mol. The molecule has 0 amide bonds. The quantitative estimate of drug-likeness (QED) is 0.862. The van der Waals surface area contributed by atoms with Crippen LogP contribution in [-0.2, 0) is 0 Å². The van der Waals surface area contributed by atoms with E-state index in [1.807, 2.05) is 39.2 Å². The van der Waals surface area contributed by atoms with Crippen LogP contribution in [0.15, 0.2) is 36.7 Å². The number of rotatable bonds is 5. The van der Waals surface area contributed by atoms with Gasteiger partial charge in [-0.05, 0) is 25.1 Å². The molecule has 0 spiro atoms. The van der Waals surface area contributed by atoms with Gasteiger partial charge < -0.3 is 15.5 Å². The van der Waals surface area contributed by atoms with Crippen LogP contribution in [-0.4, -0.2) is 30.6 Å². The summed E-state index contributed by atoms with van der Waals surface area (Å²) in [5, 5.41) is 6.44. The number of hydrogen-bond donors (Lipinski definition) is 2. The van der Waals surface area contributed by atoms with Gasteiger partial charge in [0.15, 0.2) is 0 Å². The van der Waals surface area contributed by atoms with E-state index in [2.05, 4.69) is 37.6 Å². The Balaban J connectivity index is 2.16. The molecular formula is C14H19N5. The summed E-state index contributed by atoms with van der Waals surface area (Å²) in [7, 11) is 4.04. The summed E-state index contributed by atoms with van der Waals surface area (Å²) in [6.07, 6.45) is 1.55. The van der Waals surface area contributed by atoms with Gasteiger partial charge in [-0.1, -0.05) is 6.07 Å². The van der Waals surface area contributed by atoms with Crippen LogP contribution in [0.1, 0.15) is 6.92 Å². The fraction of sp³-hybridized carbons (Fsp3) is 0.286. The Morgan fingerprint density at radius 2 is 1.89 bits per heavy atom. The highest BCUT2D eigenvalue weighted by molar-refractivity contribution is 5.64. The highest BCUT2D eigenvalue weighted by Gasteiger charge is 2.01. The Bertz CT molecular complexity index is 539. The Labute approximate surface area is 113 Å². The molecule has 0 aliphatic rings. The molecule has 2 rings (SSSR count). The normalized spacial score (nSPS) is 10.1. The number of anilines is 4. The monoisotopic (exact) mass is 257 g/mol. The molecule has 0 saturated carbocycles. The van der Waals surface area contributed by atoms with Crippen molar-refractivity contribution in [2.75, 3.05) is 36.2 Å². The number of nitrogens with one attached hydrogen (secondary N) is 2. The molecule has 1 aromatic carbocycles. The van der Waals surface area contributed by atoms with Crippen molar-refractivity contribution in [3.05, 3.63) is 36.7 Å². The predicted molar refractivity (Wildman–Crippen MR) is 80.2 cm³/mol. The average Bonchev–Trinajstić information content (AvgIpc) is 2.40. The van der Waals surface area contributed by atoms with Crippen molar-refractivity contribution in [3.8, 4) is 0 Å². The maximum atomic E-state index is 4.22. The first-order chi connectivity index (χ1) is 9.19. The van der Waals surface area contributed by atoms with Crippen LogP contribution < -0.4 is 15.5 Å². The molecule has 0 fully saturated rings. The summed E-state index contributed by atoms with van der Waals surface area (Å²) >= 11 is 0. The molecule has 2 N–H and O–H groups in total. The second kappa shape index (κ2) is 6.04. The molecule has 19 heavy (non-hydrogen) atoms. The van der Waals surface area contributed by atoms with Crippen molar-refractivity contribution < 1.29 is 0 Å². The Morgan fingerprint density at radius 3 is 2.63 bits per heavy atom. The topological polar surface area (TPSA) is 53.1 Å². The molecule has 0 aliphatic heterocycles. The summed E-state index contributed by atoms with van der Waals surface area (Å²) in [6, 6.07) is 10.1. The van der Waals surface area contributed by atoms with Gasteiger partial charge in [0.1, 0.15) is 18.0 Å². The van der Waals surface area contributed by atoms with Crippen LogP contribution >= 0.6 is 0 Å². The van der Waals surface area contributed by atoms with Crippen LogP contribution in [0.5, 0.6) is 0 Å². The maximum Gasteiger partial charge on any atom is 0.135 e. The summed E-state index contributed by atoms with van der Waals surface area (Å²) < 4.78 is 0. The first-order valence-corrected chi connectivity index (χ1v) is 6.29. The van der Waals surface area contributed by atoms with Crippen LogP contribution in [0, 0.1) is 0 Å². The summed E-state index contributed by atoms with van der Waals surface area (Å²) in [4.78, 5) is 10.4. The molecule has 0 atom stereocenters. The van der Waals surface area contributed by atoms with Crippen molar-refractivity contribution in [3.63, 3.8) is 0 Å². The second-order valence-electron chi connectivity index (χ2n) is 4.39. The predicted octanol–water partition coefficient (Wildman–Crippen LogP) is 2.72. The van der Waals surface area contributed by atoms with Crippen molar-refractivity contribution in [1.29, 1.82) is 0 Å². The van der Waals surface area contributed by atoms with E-state index in [0.29, 0.717) is 0 Å². The van der Waals surface area contributed by atoms with E-state index in [0.717, 1.165) is 29.6 Å². The fourth-order valence-electron chi connectivity index (χ4n) is 1.71. The zero-order chi connectivity index (χ0) is 13.7. The Morgan fingerprint density at radius 1 is 1.11 bits per heavy atom. The van der Waals surface area contributed by atoms with Crippen LogP contribution in [0.2, 0.25) is 0 Å². The van der Waals surface area contributed by atoms with Gasteiger partial charge in [0.2, 0.25) is 0 Å². The molecule has 0 aliphatic carbocycles. The minimum atomic E-state index is 0.779. The molecule has 2 aromatic rings. The lowest BCUT2D eigenvalue weighted by Crippen LogP contribution is -2.08. The van der Waals surface area contributed by atoms with E-state index < -0.39 is 0 Å². The molecule has 1 heterocycles. The minimum absolute atomic E-state index is 0.779. The summed E-state index contributed by atoms with van der Waals surface area (Å²) in [6.45, 7) is 2.88. The third kappa shape index (κ3) is 3.58. The Kier molecular flexibility index (Phi) is 4.18. The lowest BCUT2D eigenvalue weighted by atomic mass is 10.2. The lowest BCUT2D eigenvalue weighted by Gasteiger charge is -2.14. The van der Waals surface area contributed by atoms with Gasteiger partial charge in [0.05, 0.1) is 0 Å². The van der Waals surface area contributed by atoms with Crippen molar-refractivity contribution >= 4 is 23.0 Å². The SMILES string of the molecule is CCNc1cc(Nc2cccc(N(C)C)c2)ncn1. The molecule has 100 valence electrons. The number of hydrogen-bond acceptors (Lipinski definition) is 5. The maximum absolute atomic E-state index is 4.22. The molecule has 5 heteroatoms. The van der Waals surface area contributed by atoms with Gasteiger partial charge in [-0.15, -0.1) is 0 Å². The summed E-state index contributed by atoms with van der Waals surface area (Å²) in [5.41, 5.74) is 2.15. The van der Waals surface area contributed by atoms with E-state index in [1.165, 1.54) is 0 Å². The van der Waals surface area contributed by atoms with Crippen LogP contribution in [0.4, 0.5) is 23.0 Å². The molecule has 0 radical (unpaired) electrons. The van der Waals surface area contributed by atoms with Crippen molar-refractivity contribution in [2.24, 2.45) is 0 Å². The molecule has 5 nitrogen and oxygen atoms in total. The van der Waals surface area contributed by atoms with E-state index >= 15 is 0 Å². The van der Waals surface area contributed by atoms with Gasteiger partial charge in [-0.3, -0.25) is 0 Å². The highest BCUT2D eigenvalue weighted by Crippen LogP contribution is 2.21. The second-order valence-corrected chi connectivity index (χ2v) is 4.39. The third-order valence-corrected chi connectivity index (χ3v) is 2.66. The summed E-state index contributed by atoms with van der Waals surface area (Å²) in [5.74, 6) is 1.60. The zero-order valence-electron chi connectivity index (χ0n) is 11.5. The number of nitrogens with zero attached hydrogens (tertiary/aromatic N) is 3. The molecule has 0 unspecified atom stereocenters. The van der Waals surface area contributed by atoms with Crippen molar-refractivity contribution in [1.82, 2.24) is 9.97 Å². The van der Waals surface area contributed by atoms with Gasteiger partial charge in [-0.2, -0.15) is 0 Å². The fourth-order valence-corrected chi connectivity index (χ4v) is 1.71.